The highest BCUT2D eigenvalue weighted by molar-refractivity contribution is 5.48. The summed E-state index contributed by atoms with van der Waals surface area (Å²) in [6.07, 6.45) is 6.10. The van der Waals surface area contributed by atoms with E-state index in [0.29, 0.717) is 5.92 Å². The summed E-state index contributed by atoms with van der Waals surface area (Å²) < 4.78 is 0. The third-order valence-corrected chi connectivity index (χ3v) is 3.20. The van der Waals surface area contributed by atoms with Crippen molar-refractivity contribution < 1.29 is 5.11 Å². The number of hydrogen-bond acceptors (Lipinski definition) is 1. The minimum atomic E-state index is 0.230. The first kappa shape index (κ1) is 13.6. The molecule has 0 radical (unpaired) electrons. The maximum absolute atomic E-state index is 9.45. The Kier molecular flexibility index (Phi) is 5.39. The zero-order chi connectivity index (χ0) is 13.3. The molecule has 2 aromatic carbocycles. The standard InChI is InChI=1S/C18H20O/c19-15-18(14-17-10-5-2-6-11-17)13-7-12-16-8-3-1-4-9-16/h1-12,18-19H,13-15H2/b12-7+. The predicted octanol–water partition coefficient (Wildman–Crippen LogP) is 3.94. The molecule has 98 valence electrons. The molecule has 0 aliphatic carbocycles. The van der Waals surface area contributed by atoms with Crippen LogP contribution < -0.4 is 0 Å². The van der Waals surface area contributed by atoms with E-state index in [9.17, 15) is 5.11 Å². The molecule has 1 unspecified atom stereocenters. The molecule has 1 nitrogen and oxygen atoms in total. The normalized spacial score (nSPS) is 12.7. The zero-order valence-electron chi connectivity index (χ0n) is 11.1. The average Bonchev–Trinajstić information content (AvgIpc) is 2.48. The predicted molar refractivity (Wildman–Crippen MR) is 80.8 cm³/mol. The molecule has 0 amide bonds. The van der Waals surface area contributed by atoms with Gasteiger partial charge in [-0.1, -0.05) is 72.8 Å². The summed E-state index contributed by atoms with van der Waals surface area (Å²) in [4.78, 5) is 0. The number of benzene rings is 2. The van der Waals surface area contributed by atoms with Crippen LogP contribution in [0.5, 0.6) is 0 Å². The minimum Gasteiger partial charge on any atom is -0.396 e. The van der Waals surface area contributed by atoms with Gasteiger partial charge in [0.25, 0.3) is 0 Å². The number of aliphatic hydroxyl groups is 1. The first-order chi connectivity index (χ1) is 9.38. The molecule has 0 saturated carbocycles. The smallest absolute Gasteiger partial charge is 0.0465 e. The van der Waals surface area contributed by atoms with Crippen LogP contribution in [0, 0.1) is 5.92 Å². The summed E-state index contributed by atoms with van der Waals surface area (Å²) in [7, 11) is 0. The molecule has 0 aromatic heterocycles. The van der Waals surface area contributed by atoms with E-state index >= 15 is 0 Å². The lowest BCUT2D eigenvalue weighted by atomic mass is 9.96. The molecule has 1 heteroatoms. The van der Waals surface area contributed by atoms with Gasteiger partial charge >= 0.3 is 0 Å². The van der Waals surface area contributed by atoms with Crippen LogP contribution in [0.1, 0.15) is 17.5 Å². The number of rotatable bonds is 6. The first-order valence-electron chi connectivity index (χ1n) is 6.75. The average molecular weight is 252 g/mol. The van der Waals surface area contributed by atoms with Crippen LogP contribution in [-0.4, -0.2) is 11.7 Å². The molecule has 0 spiro atoms. The molecule has 19 heavy (non-hydrogen) atoms. The molecule has 0 fully saturated rings. The first-order valence-corrected chi connectivity index (χ1v) is 6.75. The minimum absolute atomic E-state index is 0.230. The number of allylic oxidation sites excluding steroid dienone is 1. The largest absolute Gasteiger partial charge is 0.396 e. The van der Waals surface area contributed by atoms with Crippen molar-refractivity contribution in [1.29, 1.82) is 0 Å². The molecule has 0 saturated heterocycles. The lowest BCUT2D eigenvalue weighted by Crippen LogP contribution is -2.08. The van der Waals surface area contributed by atoms with Gasteiger partial charge in [-0.25, -0.2) is 0 Å². The van der Waals surface area contributed by atoms with Gasteiger partial charge in [-0.15, -0.1) is 0 Å². The third kappa shape index (κ3) is 4.72. The quantitative estimate of drug-likeness (QED) is 0.825. The maximum atomic E-state index is 9.45. The molecular weight excluding hydrogens is 232 g/mol. The highest BCUT2D eigenvalue weighted by Crippen LogP contribution is 2.13. The van der Waals surface area contributed by atoms with E-state index in [1.54, 1.807) is 0 Å². The fraction of sp³-hybridized carbons (Fsp3) is 0.222. The fourth-order valence-electron chi connectivity index (χ4n) is 2.13. The lowest BCUT2D eigenvalue weighted by molar-refractivity contribution is 0.227. The lowest BCUT2D eigenvalue weighted by Gasteiger charge is -2.11. The van der Waals surface area contributed by atoms with Crippen molar-refractivity contribution >= 4 is 6.08 Å². The summed E-state index contributed by atoms with van der Waals surface area (Å²) in [5.41, 5.74) is 2.49. The van der Waals surface area contributed by atoms with E-state index < -0.39 is 0 Å². The van der Waals surface area contributed by atoms with Gasteiger partial charge in [0.05, 0.1) is 0 Å². The van der Waals surface area contributed by atoms with Crippen molar-refractivity contribution in [2.75, 3.05) is 6.61 Å². The molecule has 1 N–H and O–H groups in total. The zero-order valence-corrected chi connectivity index (χ0v) is 11.1. The molecule has 2 aromatic rings. The molecule has 2 rings (SSSR count). The van der Waals surface area contributed by atoms with Gasteiger partial charge in [-0.05, 0) is 29.9 Å². The van der Waals surface area contributed by atoms with Crippen LogP contribution in [0.4, 0.5) is 0 Å². The highest BCUT2D eigenvalue weighted by atomic mass is 16.3. The Balaban J connectivity index is 1.88. The fourth-order valence-corrected chi connectivity index (χ4v) is 2.13. The van der Waals surface area contributed by atoms with E-state index in [1.807, 2.05) is 36.4 Å². The van der Waals surface area contributed by atoms with Crippen LogP contribution in [0.3, 0.4) is 0 Å². The third-order valence-electron chi connectivity index (χ3n) is 3.20. The summed E-state index contributed by atoms with van der Waals surface area (Å²) in [6.45, 7) is 0.230. The van der Waals surface area contributed by atoms with Crippen molar-refractivity contribution in [2.24, 2.45) is 5.92 Å². The topological polar surface area (TPSA) is 20.2 Å². The van der Waals surface area contributed by atoms with Gasteiger partial charge in [-0.2, -0.15) is 0 Å². The Morgan fingerprint density at radius 2 is 1.53 bits per heavy atom. The van der Waals surface area contributed by atoms with Crippen molar-refractivity contribution in [3.63, 3.8) is 0 Å². The second-order valence-electron chi connectivity index (χ2n) is 4.79. The molecule has 0 aliphatic rings. The molecule has 0 heterocycles. The van der Waals surface area contributed by atoms with Crippen LogP contribution >= 0.6 is 0 Å². The number of hydrogen-bond donors (Lipinski definition) is 1. The second-order valence-corrected chi connectivity index (χ2v) is 4.79. The van der Waals surface area contributed by atoms with Crippen molar-refractivity contribution in [1.82, 2.24) is 0 Å². The van der Waals surface area contributed by atoms with E-state index in [2.05, 4.69) is 36.4 Å². The monoisotopic (exact) mass is 252 g/mol. The van der Waals surface area contributed by atoms with E-state index in [0.717, 1.165) is 12.8 Å². The van der Waals surface area contributed by atoms with Gasteiger partial charge < -0.3 is 5.11 Å². The SMILES string of the molecule is OCC(C/C=C/c1ccccc1)Cc1ccccc1. The van der Waals surface area contributed by atoms with Crippen molar-refractivity contribution in [3.05, 3.63) is 77.9 Å². The summed E-state index contributed by atoms with van der Waals surface area (Å²) in [5.74, 6) is 0.294. The Morgan fingerprint density at radius 1 is 0.895 bits per heavy atom. The Morgan fingerprint density at radius 3 is 2.16 bits per heavy atom. The van der Waals surface area contributed by atoms with Crippen molar-refractivity contribution in [3.8, 4) is 0 Å². The number of aliphatic hydroxyl groups excluding tert-OH is 1. The Hall–Kier alpha value is -1.86. The maximum Gasteiger partial charge on any atom is 0.0465 e. The molecule has 0 bridgehead atoms. The van der Waals surface area contributed by atoms with Gasteiger partial charge in [-0.3, -0.25) is 0 Å². The molecule has 0 aliphatic heterocycles. The van der Waals surface area contributed by atoms with Gasteiger partial charge in [0.2, 0.25) is 0 Å². The van der Waals surface area contributed by atoms with Crippen LogP contribution in [-0.2, 0) is 6.42 Å². The van der Waals surface area contributed by atoms with Gasteiger partial charge in [0.1, 0.15) is 0 Å². The summed E-state index contributed by atoms with van der Waals surface area (Å²) in [6, 6.07) is 20.6. The van der Waals surface area contributed by atoms with Crippen LogP contribution in [0.15, 0.2) is 66.7 Å². The molecular formula is C18H20O. The Bertz CT molecular complexity index is 488. The molecule has 1 atom stereocenters. The highest BCUT2D eigenvalue weighted by Gasteiger charge is 2.06. The van der Waals surface area contributed by atoms with Crippen molar-refractivity contribution in [2.45, 2.75) is 12.8 Å². The van der Waals surface area contributed by atoms with E-state index in [1.165, 1.54) is 11.1 Å². The van der Waals surface area contributed by atoms with Gasteiger partial charge in [0.15, 0.2) is 0 Å². The Labute approximate surface area is 115 Å². The second kappa shape index (κ2) is 7.55. The van der Waals surface area contributed by atoms with E-state index in [-0.39, 0.29) is 6.61 Å². The van der Waals surface area contributed by atoms with Crippen LogP contribution in [0.25, 0.3) is 6.08 Å². The summed E-state index contributed by atoms with van der Waals surface area (Å²) in [5, 5.41) is 9.45. The summed E-state index contributed by atoms with van der Waals surface area (Å²) >= 11 is 0. The van der Waals surface area contributed by atoms with E-state index in [4.69, 9.17) is 0 Å². The van der Waals surface area contributed by atoms with Gasteiger partial charge in [0, 0.05) is 6.61 Å². The van der Waals surface area contributed by atoms with Crippen LogP contribution in [0.2, 0.25) is 0 Å².